The van der Waals surface area contributed by atoms with E-state index in [1.807, 2.05) is 31.5 Å². The average molecular weight is 549 g/mol. The monoisotopic (exact) mass is 548 g/mol. The lowest BCUT2D eigenvalue weighted by Crippen LogP contribution is -2.38. The number of thioether (sulfide) groups is 1. The number of nitrogens with zero attached hydrogens (tertiary/aromatic N) is 1. The summed E-state index contributed by atoms with van der Waals surface area (Å²) in [7, 11) is 1.88. The SMILES string of the molecule is CCCCC1(CCCC)CN(c2ccc(NC)cc2)c2cc(SC)c(O/C=C(\F)C(=O)O)cc2[S+]([O-])C1. The molecule has 202 valence electrons. The van der Waals surface area contributed by atoms with Crippen LogP contribution < -0.4 is 15.0 Å². The maximum absolute atomic E-state index is 14.0. The van der Waals surface area contributed by atoms with Crippen LogP contribution in [0.1, 0.15) is 52.4 Å². The van der Waals surface area contributed by atoms with E-state index in [1.165, 1.54) is 11.8 Å². The van der Waals surface area contributed by atoms with Crippen molar-refractivity contribution in [2.24, 2.45) is 5.41 Å². The topological polar surface area (TPSA) is 84.9 Å². The Labute approximate surface area is 226 Å². The minimum Gasteiger partial charge on any atom is -0.611 e. The molecular formula is C28H37FN2O4S2. The fourth-order valence-corrected chi connectivity index (χ4v) is 7.00. The van der Waals surface area contributed by atoms with E-state index in [1.54, 1.807) is 6.07 Å². The van der Waals surface area contributed by atoms with Crippen molar-refractivity contribution in [2.45, 2.75) is 62.2 Å². The molecule has 6 nitrogen and oxygen atoms in total. The molecule has 0 aliphatic carbocycles. The van der Waals surface area contributed by atoms with Gasteiger partial charge in [0.05, 0.1) is 10.6 Å². The first kappa shape index (κ1) is 29.2. The van der Waals surface area contributed by atoms with Crippen molar-refractivity contribution in [1.29, 1.82) is 0 Å². The molecule has 0 saturated heterocycles. The lowest BCUT2D eigenvalue weighted by molar-refractivity contribution is -0.134. The second-order valence-corrected chi connectivity index (χ2v) is 11.7. The van der Waals surface area contributed by atoms with E-state index in [9.17, 15) is 13.7 Å². The van der Waals surface area contributed by atoms with Crippen LogP contribution in [0, 0.1) is 5.41 Å². The fraction of sp³-hybridized carbons (Fsp3) is 0.464. The maximum Gasteiger partial charge on any atom is 0.368 e. The highest BCUT2D eigenvalue weighted by atomic mass is 32.2. The van der Waals surface area contributed by atoms with Crippen LogP contribution in [-0.2, 0) is 16.0 Å². The van der Waals surface area contributed by atoms with E-state index in [0.717, 1.165) is 62.1 Å². The van der Waals surface area contributed by atoms with E-state index >= 15 is 0 Å². The molecule has 0 aromatic heterocycles. The minimum absolute atomic E-state index is 0.132. The van der Waals surface area contributed by atoms with Gasteiger partial charge in [-0.05, 0) is 60.6 Å². The highest BCUT2D eigenvalue weighted by Crippen LogP contribution is 2.48. The summed E-state index contributed by atoms with van der Waals surface area (Å²) >= 11 is 0.0806. The van der Waals surface area contributed by atoms with Gasteiger partial charge in [0.1, 0.15) is 17.8 Å². The molecule has 9 heteroatoms. The number of hydrogen-bond donors (Lipinski definition) is 2. The number of ether oxygens (including phenoxy) is 1. The van der Waals surface area contributed by atoms with Gasteiger partial charge in [0.15, 0.2) is 4.90 Å². The first-order valence-electron chi connectivity index (χ1n) is 12.7. The third-order valence-electron chi connectivity index (χ3n) is 6.79. The van der Waals surface area contributed by atoms with Crippen LogP contribution in [0.15, 0.2) is 58.3 Å². The van der Waals surface area contributed by atoms with Gasteiger partial charge in [-0.1, -0.05) is 39.5 Å². The predicted molar refractivity (Wildman–Crippen MR) is 151 cm³/mol. The number of hydrogen-bond acceptors (Lipinski definition) is 6. The summed E-state index contributed by atoms with van der Waals surface area (Å²) in [4.78, 5) is 14.5. The Bertz CT molecular complexity index is 1090. The molecule has 0 spiro atoms. The van der Waals surface area contributed by atoms with Gasteiger partial charge in [0.2, 0.25) is 5.83 Å². The molecule has 3 rings (SSSR count). The van der Waals surface area contributed by atoms with Gasteiger partial charge in [0, 0.05) is 36.4 Å². The Kier molecular flexibility index (Phi) is 10.6. The third-order valence-corrected chi connectivity index (χ3v) is 9.25. The number of carboxylic acid groups (broad SMARTS) is 1. The summed E-state index contributed by atoms with van der Waals surface area (Å²) in [5, 5.41) is 12.0. The second kappa shape index (κ2) is 13.4. The van der Waals surface area contributed by atoms with Crippen molar-refractivity contribution in [1.82, 2.24) is 0 Å². The fourth-order valence-electron chi connectivity index (χ4n) is 4.73. The number of aliphatic carboxylic acids is 1. The van der Waals surface area contributed by atoms with Gasteiger partial charge in [-0.25, -0.2) is 4.79 Å². The van der Waals surface area contributed by atoms with E-state index in [2.05, 4.69) is 36.2 Å². The maximum atomic E-state index is 14.0. The Balaban J connectivity index is 2.17. The highest BCUT2D eigenvalue weighted by molar-refractivity contribution is 7.98. The largest absolute Gasteiger partial charge is 0.611 e. The summed E-state index contributed by atoms with van der Waals surface area (Å²) < 4.78 is 33.1. The minimum atomic E-state index is -1.70. The zero-order chi connectivity index (χ0) is 27.0. The number of rotatable bonds is 12. The molecule has 1 atom stereocenters. The molecule has 2 N–H and O–H groups in total. The average Bonchev–Trinajstić information content (AvgIpc) is 3.03. The van der Waals surface area contributed by atoms with E-state index in [-0.39, 0.29) is 11.2 Å². The zero-order valence-electron chi connectivity index (χ0n) is 22.0. The van der Waals surface area contributed by atoms with Gasteiger partial charge in [-0.2, -0.15) is 4.39 Å². The first-order valence-corrected chi connectivity index (χ1v) is 15.2. The molecule has 37 heavy (non-hydrogen) atoms. The summed E-state index contributed by atoms with van der Waals surface area (Å²) in [5.41, 5.74) is 2.72. The van der Waals surface area contributed by atoms with Crippen molar-refractivity contribution in [3.05, 3.63) is 48.5 Å². The molecular weight excluding hydrogens is 511 g/mol. The molecule has 1 heterocycles. The third kappa shape index (κ3) is 7.15. The van der Waals surface area contributed by atoms with Crippen LogP contribution in [0.5, 0.6) is 5.75 Å². The van der Waals surface area contributed by atoms with Gasteiger partial charge in [-0.15, -0.1) is 11.8 Å². The highest BCUT2D eigenvalue weighted by Gasteiger charge is 2.42. The number of halogens is 1. The Morgan fingerprint density at radius 2 is 1.89 bits per heavy atom. The quantitative estimate of drug-likeness (QED) is 0.124. The summed E-state index contributed by atoms with van der Waals surface area (Å²) in [6.07, 6.45) is 8.70. The second-order valence-electron chi connectivity index (χ2n) is 9.44. The lowest BCUT2D eigenvalue weighted by Gasteiger charge is -2.36. The molecule has 0 amide bonds. The summed E-state index contributed by atoms with van der Waals surface area (Å²) in [6, 6.07) is 11.8. The summed E-state index contributed by atoms with van der Waals surface area (Å²) in [5.74, 6) is -2.27. The zero-order valence-corrected chi connectivity index (χ0v) is 23.6. The van der Waals surface area contributed by atoms with Crippen LogP contribution in [0.4, 0.5) is 21.5 Å². The van der Waals surface area contributed by atoms with Crippen molar-refractivity contribution in [3.63, 3.8) is 0 Å². The standard InChI is InChI=1S/C28H37FN2O4S2/c1-5-7-13-28(14-8-6-2)18-31(21-11-9-20(30-3)10-12-21)23-15-25(36-4)24(16-26(23)37(34)19-28)35-17-22(29)27(32)33/h9-12,15-17,30H,5-8,13-14,18-19H2,1-4H3,(H,32,33)/b22-17-. The Morgan fingerprint density at radius 1 is 1.24 bits per heavy atom. The molecule has 0 radical (unpaired) electrons. The molecule has 1 aliphatic heterocycles. The molecule has 0 fully saturated rings. The number of carbonyl (C=O) groups is 1. The number of fused-ring (bicyclic) bond motifs is 1. The molecule has 2 aromatic carbocycles. The van der Waals surface area contributed by atoms with Crippen LogP contribution in [-0.4, -0.2) is 41.2 Å². The van der Waals surface area contributed by atoms with E-state index in [4.69, 9.17) is 9.84 Å². The number of nitrogens with one attached hydrogen (secondary N) is 1. The van der Waals surface area contributed by atoms with E-state index < -0.39 is 23.0 Å². The number of unbranched alkanes of at least 4 members (excludes halogenated alkanes) is 2. The lowest BCUT2D eigenvalue weighted by atomic mass is 9.79. The summed E-state index contributed by atoms with van der Waals surface area (Å²) in [6.45, 7) is 5.11. The van der Waals surface area contributed by atoms with Gasteiger partial charge >= 0.3 is 5.97 Å². The first-order chi connectivity index (χ1) is 17.8. The Morgan fingerprint density at radius 3 is 2.43 bits per heavy atom. The van der Waals surface area contributed by atoms with E-state index in [0.29, 0.717) is 21.8 Å². The Hall–Kier alpha value is -2.36. The van der Waals surface area contributed by atoms with Gasteiger partial charge in [0.25, 0.3) is 0 Å². The van der Waals surface area contributed by atoms with Gasteiger partial charge in [-0.3, -0.25) is 0 Å². The number of carboxylic acids is 1. The molecule has 1 aliphatic rings. The van der Waals surface area contributed by atoms with Crippen molar-refractivity contribution >= 4 is 46.0 Å². The van der Waals surface area contributed by atoms with Crippen LogP contribution in [0.25, 0.3) is 0 Å². The smallest absolute Gasteiger partial charge is 0.368 e. The molecule has 1 unspecified atom stereocenters. The van der Waals surface area contributed by atoms with Crippen molar-refractivity contribution in [2.75, 3.05) is 35.8 Å². The van der Waals surface area contributed by atoms with Crippen LogP contribution in [0.2, 0.25) is 0 Å². The number of benzene rings is 2. The predicted octanol–water partition coefficient (Wildman–Crippen LogP) is 7.35. The van der Waals surface area contributed by atoms with Crippen LogP contribution >= 0.6 is 11.8 Å². The normalized spacial score (nSPS) is 17.2. The molecule has 0 saturated carbocycles. The molecule has 2 aromatic rings. The van der Waals surface area contributed by atoms with Crippen molar-refractivity contribution < 1.29 is 23.6 Å². The molecule has 0 bridgehead atoms. The van der Waals surface area contributed by atoms with Crippen molar-refractivity contribution in [3.8, 4) is 5.75 Å². The van der Waals surface area contributed by atoms with Crippen LogP contribution in [0.3, 0.4) is 0 Å². The van der Waals surface area contributed by atoms with Gasteiger partial charge < -0.3 is 24.6 Å². The number of anilines is 3.